The zero-order chi connectivity index (χ0) is 14.0. The molecule has 0 radical (unpaired) electrons. The molecule has 1 saturated carbocycles. The van der Waals surface area contributed by atoms with Crippen LogP contribution < -0.4 is 5.73 Å². The van der Waals surface area contributed by atoms with Crippen molar-refractivity contribution < 1.29 is 9.90 Å². The van der Waals surface area contributed by atoms with Gasteiger partial charge in [0.2, 0.25) is 5.91 Å². The molecule has 0 saturated heterocycles. The van der Waals surface area contributed by atoms with E-state index in [9.17, 15) is 9.90 Å². The average molecular weight is 272 g/mol. The molecular formula is C13H24N2O2S. The fourth-order valence-corrected chi connectivity index (χ4v) is 2.79. The van der Waals surface area contributed by atoms with Crippen molar-refractivity contribution in [3.05, 3.63) is 0 Å². The van der Waals surface area contributed by atoms with E-state index in [-0.39, 0.29) is 10.9 Å². The number of nitrogens with two attached hydrogens (primary N) is 1. The molecule has 18 heavy (non-hydrogen) atoms. The van der Waals surface area contributed by atoms with Crippen LogP contribution in [0.15, 0.2) is 0 Å². The van der Waals surface area contributed by atoms with E-state index in [1.54, 1.807) is 18.9 Å². The normalized spacial score (nSPS) is 21.3. The summed E-state index contributed by atoms with van der Waals surface area (Å²) in [7, 11) is 1.71. The third-order valence-electron chi connectivity index (χ3n) is 4.14. The first-order chi connectivity index (χ1) is 8.25. The maximum Gasteiger partial charge on any atom is 0.235 e. The SMILES string of the molecule is CCC(C)(C(=O)N(C)CC1(O)CCCC1)C(N)=S. The van der Waals surface area contributed by atoms with Crippen LogP contribution in [-0.4, -0.2) is 40.1 Å². The summed E-state index contributed by atoms with van der Waals surface area (Å²) in [5, 5.41) is 10.3. The smallest absolute Gasteiger partial charge is 0.235 e. The maximum atomic E-state index is 12.4. The quantitative estimate of drug-likeness (QED) is 0.744. The molecule has 0 bridgehead atoms. The van der Waals surface area contributed by atoms with Crippen LogP contribution >= 0.6 is 12.2 Å². The number of thiocarbonyl (C=S) groups is 1. The highest BCUT2D eigenvalue weighted by Gasteiger charge is 2.40. The Kier molecular flexibility index (Phi) is 4.72. The lowest BCUT2D eigenvalue weighted by Crippen LogP contribution is -2.51. The summed E-state index contributed by atoms with van der Waals surface area (Å²) in [5.74, 6) is -0.0992. The van der Waals surface area contributed by atoms with Crippen LogP contribution in [0.4, 0.5) is 0 Å². The van der Waals surface area contributed by atoms with Gasteiger partial charge in [-0.2, -0.15) is 0 Å². The van der Waals surface area contributed by atoms with E-state index >= 15 is 0 Å². The van der Waals surface area contributed by atoms with Gasteiger partial charge in [-0.25, -0.2) is 0 Å². The Morgan fingerprint density at radius 2 is 2.00 bits per heavy atom. The van der Waals surface area contributed by atoms with E-state index in [1.807, 2.05) is 6.92 Å². The summed E-state index contributed by atoms with van der Waals surface area (Å²) < 4.78 is 0. The van der Waals surface area contributed by atoms with Crippen LogP contribution in [0, 0.1) is 5.41 Å². The second-order valence-corrected chi connectivity index (χ2v) is 6.08. The van der Waals surface area contributed by atoms with Gasteiger partial charge in [0.1, 0.15) is 0 Å². The number of nitrogens with zero attached hydrogens (tertiary/aromatic N) is 1. The molecule has 104 valence electrons. The third-order valence-corrected chi connectivity index (χ3v) is 4.59. The molecule has 0 aliphatic heterocycles. The molecule has 4 nitrogen and oxygen atoms in total. The minimum Gasteiger partial charge on any atom is -0.392 e. The summed E-state index contributed by atoms with van der Waals surface area (Å²) >= 11 is 5.00. The Labute approximate surface area is 115 Å². The standard InChI is InChI=1S/C13H24N2O2S/c1-4-12(2,10(14)18)11(16)15(3)9-13(17)7-5-6-8-13/h17H,4-9H2,1-3H3,(H2,14,18). The Hall–Kier alpha value is -0.680. The molecule has 3 N–H and O–H groups in total. The van der Waals surface area contributed by atoms with Crippen LogP contribution in [0.1, 0.15) is 46.0 Å². The van der Waals surface area contributed by atoms with Crippen molar-refractivity contribution in [3.63, 3.8) is 0 Å². The second kappa shape index (κ2) is 5.53. The lowest BCUT2D eigenvalue weighted by molar-refractivity contribution is -0.139. The van der Waals surface area contributed by atoms with Crippen molar-refractivity contribution in [1.29, 1.82) is 0 Å². The summed E-state index contributed by atoms with van der Waals surface area (Å²) in [6.07, 6.45) is 4.16. The first kappa shape index (κ1) is 15.4. The fraction of sp³-hybridized carbons (Fsp3) is 0.846. The maximum absolute atomic E-state index is 12.4. The Morgan fingerprint density at radius 1 is 1.50 bits per heavy atom. The number of carbonyl (C=O) groups is 1. The predicted octanol–water partition coefficient (Wildman–Crippen LogP) is 1.45. The first-order valence-corrected chi connectivity index (χ1v) is 6.94. The van der Waals surface area contributed by atoms with Gasteiger partial charge in [0, 0.05) is 13.6 Å². The van der Waals surface area contributed by atoms with Crippen molar-refractivity contribution in [2.75, 3.05) is 13.6 Å². The van der Waals surface area contributed by atoms with Gasteiger partial charge in [0.15, 0.2) is 0 Å². The molecule has 1 aliphatic rings. The van der Waals surface area contributed by atoms with Crippen molar-refractivity contribution in [1.82, 2.24) is 4.90 Å². The minimum absolute atomic E-state index is 0.0992. The van der Waals surface area contributed by atoms with Crippen LogP contribution in [0.2, 0.25) is 0 Å². The number of hydrogen-bond acceptors (Lipinski definition) is 3. The largest absolute Gasteiger partial charge is 0.392 e. The van der Waals surface area contributed by atoms with Gasteiger partial charge < -0.3 is 15.7 Å². The highest BCUT2D eigenvalue weighted by atomic mass is 32.1. The van der Waals surface area contributed by atoms with Gasteiger partial charge in [-0.3, -0.25) is 4.79 Å². The van der Waals surface area contributed by atoms with Gasteiger partial charge in [-0.1, -0.05) is 32.0 Å². The van der Waals surface area contributed by atoms with Crippen LogP contribution in [0.25, 0.3) is 0 Å². The molecule has 0 heterocycles. The molecule has 0 aromatic carbocycles. The van der Waals surface area contributed by atoms with Gasteiger partial charge >= 0.3 is 0 Å². The lowest BCUT2D eigenvalue weighted by atomic mass is 9.85. The van der Waals surface area contributed by atoms with E-state index in [2.05, 4.69) is 0 Å². The molecule has 1 amide bonds. The lowest BCUT2D eigenvalue weighted by Gasteiger charge is -2.35. The predicted molar refractivity (Wildman–Crippen MR) is 76.2 cm³/mol. The van der Waals surface area contributed by atoms with Gasteiger partial charge in [0.05, 0.1) is 16.0 Å². The van der Waals surface area contributed by atoms with Gasteiger partial charge in [0.25, 0.3) is 0 Å². The van der Waals surface area contributed by atoms with Crippen molar-refractivity contribution in [2.45, 2.75) is 51.6 Å². The molecule has 1 fully saturated rings. The molecule has 1 unspecified atom stereocenters. The molecule has 0 spiro atoms. The molecular weight excluding hydrogens is 248 g/mol. The highest BCUT2D eigenvalue weighted by Crippen LogP contribution is 2.31. The van der Waals surface area contributed by atoms with E-state index in [0.717, 1.165) is 25.7 Å². The zero-order valence-electron chi connectivity index (χ0n) is 11.5. The monoisotopic (exact) mass is 272 g/mol. The first-order valence-electron chi connectivity index (χ1n) is 6.53. The van der Waals surface area contributed by atoms with Crippen molar-refractivity contribution in [3.8, 4) is 0 Å². The van der Waals surface area contributed by atoms with E-state index in [1.165, 1.54) is 0 Å². The zero-order valence-corrected chi connectivity index (χ0v) is 12.3. The summed E-state index contributed by atoms with van der Waals surface area (Å²) in [6.45, 7) is 4.03. The van der Waals surface area contributed by atoms with Crippen molar-refractivity contribution in [2.24, 2.45) is 11.1 Å². The third kappa shape index (κ3) is 3.01. The Morgan fingerprint density at radius 3 is 2.39 bits per heavy atom. The minimum atomic E-state index is -0.807. The summed E-state index contributed by atoms with van der Waals surface area (Å²) in [5.41, 5.74) is 4.15. The summed E-state index contributed by atoms with van der Waals surface area (Å²) in [4.78, 5) is 14.2. The molecule has 1 aliphatic carbocycles. The Bertz CT molecular complexity index is 340. The number of hydrogen-bond donors (Lipinski definition) is 2. The van der Waals surface area contributed by atoms with Gasteiger partial charge in [-0.05, 0) is 26.2 Å². The number of carbonyl (C=O) groups excluding carboxylic acids is 1. The fourth-order valence-electron chi connectivity index (χ4n) is 2.56. The van der Waals surface area contributed by atoms with Crippen LogP contribution in [-0.2, 0) is 4.79 Å². The number of likely N-dealkylation sites (N-methyl/N-ethyl adjacent to an activating group) is 1. The Balaban J connectivity index is 2.74. The molecule has 1 atom stereocenters. The number of aliphatic hydroxyl groups is 1. The van der Waals surface area contributed by atoms with E-state index in [4.69, 9.17) is 18.0 Å². The average Bonchev–Trinajstić information content (AvgIpc) is 2.73. The number of rotatable bonds is 5. The highest BCUT2D eigenvalue weighted by molar-refractivity contribution is 7.80. The molecule has 1 rings (SSSR count). The van der Waals surface area contributed by atoms with Crippen LogP contribution in [0.5, 0.6) is 0 Å². The van der Waals surface area contributed by atoms with E-state index < -0.39 is 11.0 Å². The second-order valence-electron chi connectivity index (χ2n) is 5.64. The topological polar surface area (TPSA) is 66.6 Å². The van der Waals surface area contributed by atoms with E-state index in [0.29, 0.717) is 13.0 Å². The van der Waals surface area contributed by atoms with Gasteiger partial charge in [-0.15, -0.1) is 0 Å². The molecule has 0 aromatic rings. The van der Waals surface area contributed by atoms with Crippen molar-refractivity contribution >= 4 is 23.1 Å². The van der Waals surface area contributed by atoms with Crippen LogP contribution in [0.3, 0.4) is 0 Å². The molecule has 5 heteroatoms. The molecule has 0 aromatic heterocycles. The number of amides is 1. The summed E-state index contributed by atoms with van der Waals surface area (Å²) in [6, 6.07) is 0.